The molecule has 114 valence electrons. The van der Waals surface area contributed by atoms with Crippen LogP contribution in [0.25, 0.3) is 0 Å². The van der Waals surface area contributed by atoms with Gasteiger partial charge in [-0.1, -0.05) is 17.9 Å². The molecule has 0 saturated carbocycles. The fourth-order valence-corrected chi connectivity index (χ4v) is 1.43. The standard InChI is InChI=1S/C14H15F3N2O2/c1-19(8-9-20)13(21)18-7-3-5-11-4-2-6-12(10-11)14(15,16)17/h2,4,6,10,20H,7-9H2,1H3,(H,18,21). The Labute approximate surface area is 120 Å². The van der Waals surface area contributed by atoms with Crippen LogP contribution in [0.4, 0.5) is 18.0 Å². The molecule has 0 aliphatic carbocycles. The predicted molar refractivity (Wildman–Crippen MR) is 71.4 cm³/mol. The van der Waals surface area contributed by atoms with Crippen LogP contribution < -0.4 is 5.32 Å². The third kappa shape index (κ3) is 5.75. The molecule has 4 nitrogen and oxygen atoms in total. The van der Waals surface area contributed by atoms with E-state index in [1.807, 2.05) is 0 Å². The summed E-state index contributed by atoms with van der Waals surface area (Å²) >= 11 is 0. The summed E-state index contributed by atoms with van der Waals surface area (Å²) in [6.45, 7) is 0.0393. The number of carbonyl (C=O) groups is 1. The summed E-state index contributed by atoms with van der Waals surface area (Å²) in [4.78, 5) is 12.7. The van der Waals surface area contributed by atoms with Crippen molar-refractivity contribution in [3.63, 3.8) is 0 Å². The smallest absolute Gasteiger partial charge is 0.395 e. The average Bonchev–Trinajstić information content (AvgIpc) is 2.43. The van der Waals surface area contributed by atoms with Crippen molar-refractivity contribution < 1.29 is 23.1 Å². The Hall–Kier alpha value is -2.20. The van der Waals surface area contributed by atoms with Gasteiger partial charge in [0.2, 0.25) is 0 Å². The van der Waals surface area contributed by atoms with Crippen molar-refractivity contribution in [2.24, 2.45) is 0 Å². The Bertz CT molecular complexity index is 547. The number of aliphatic hydroxyl groups excluding tert-OH is 1. The molecule has 0 aliphatic heterocycles. The van der Waals surface area contributed by atoms with Gasteiger partial charge in [-0.25, -0.2) is 4.79 Å². The quantitative estimate of drug-likeness (QED) is 0.835. The molecular formula is C14H15F3N2O2. The molecule has 2 N–H and O–H groups in total. The second kappa shape index (κ2) is 7.55. The monoisotopic (exact) mass is 300 g/mol. The van der Waals surface area contributed by atoms with E-state index in [4.69, 9.17) is 5.11 Å². The molecule has 0 radical (unpaired) electrons. The van der Waals surface area contributed by atoms with Gasteiger partial charge in [-0.2, -0.15) is 13.2 Å². The number of carbonyl (C=O) groups excluding carboxylic acids is 1. The minimum absolute atomic E-state index is 0.00481. The van der Waals surface area contributed by atoms with E-state index >= 15 is 0 Å². The second-order valence-corrected chi connectivity index (χ2v) is 4.18. The maximum atomic E-state index is 12.5. The first-order valence-electron chi connectivity index (χ1n) is 6.10. The Kier molecular flexibility index (Phi) is 6.06. The lowest BCUT2D eigenvalue weighted by atomic mass is 10.1. The zero-order valence-electron chi connectivity index (χ0n) is 11.4. The third-order valence-electron chi connectivity index (χ3n) is 2.53. The number of rotatable bonds is 3. The fraction of sp³-hybridized carbons (Fsp3) is 0.357. The lowest BCUT2D eigenvalue weighted by Crippen LogP contribution is -2.38. The van der Waals surface area contributed by atoms with Crippen LogP contribution in [0.2, 0.25) is 0 Å². The fourth-order valence-electron chi connectivity index (χ4n) is 1.43. The molecule has 0 spiro atoms. The second-order valence-electron chi connectivity index (χ2n) is 4.18. The van der Waals surface area contributed by atoms with E-state index in [0.717, 1.165) is 12.1 Å². The first-order valence-corrected chi connectivity index (χ1v) is 6.10. The van der Waals surface area contributed by atoms with Crippen LogP contribution in [-0.4, -0.2) is 42.8 Å². The zero-order chi connectivity index (χ0) is 15.9. The first kappa shape index (κ1) is 16.9. The molecule has 2 amide bonds. The van der Waals surface area contributed by atoms with Gasteiger partial charge in [0.15, 0.2) is 0 Å². The number of amides is 2. The number of urea groups is 1. The Morgan fingerprint density at radius 3 is 2.76 bits per heavy atom. The Balaban J connectivity index is 2.58. The number of aliphatic hydroxyl groups is 1. The highest BCUT2D eigenvalue weighted by molar-refractivity contribution is 5.74. The summed E-state index contributed by atoms with van der Waals surface area (Å²) in [5.41, 5.74) is -0.538. The van der Waals surface area contributed by atoms with Gasteiger partial charge in [-0.15, -0.1) is 0 Å². The van der Waals surface area contributed by atoms with Gasteiger partial charge in [0.1, 0.15) is 0 Å². The number of nitrogens with one attached hydrogen (secondary N) is 1. The van der Waals surface area contributed by atoms with Crippen molar-refractivity contribution in [2.75, 3.05) is 26.7 Å². The van der Waals surface area contributed by atoms with E-state index in [-0.39, 0.29) is 25.3 Å². The number of benzene rings is 1. The van der Waals surface area contributed by atoms with Crippen molar-refractivity contribution >= 4 is 6.03 Å². The van der Waals surface area contributed by atoms with Gasteiger partial charge < -0.3 is 15.3 Å². The summed E-state index contributed by atoms with van der Waals surface area (Å²) in [6, 6.07) is 4.24. The van der Waals surface area contributed by atoms with Crippen LogP contribution in [0.1, 0.15) is 11.1 Å². The van der Waals surface area contributed by atoms with Crippen molar-refractivity contribution in [1.29, 1.82) is 0 Å². The highest BCUT2D eigenvalue weighted by Crippen LogP contribution is 2.29. The normalized spacial score (nSPS) is 10.5. The van der Waals surface area contributed by atoms with Gasteiger partial charge in [0.25, 0.3) is 0 Å². The Morgan fingerprint density at radius 2 is 2.14 bits per heavy atom. The molecule has 1 aromatic rings. The van der Waals surface area contributed by atoms with E-state index in [9.17, 15) is 18.0 Å². The molecule has 0 saturated heterocycles. The molecule has 0 heterocycles. The van der Waals surface area contributed by atoms with E-state index < -0.39 is 17.8 Å². The number of hydrogen-bond acceptors (Lipinski definition) is 2. The first-order chi connectivity index (χ1) is 9.84. The van der Waals surface area contributed by atoms with Crippen molar-refractivity contribution in [3.8, 4) is 11.8 Å². The lowest BCUT2D eigenvalue weighted by Gasteiger charge is -2.15. The minimum Gasteiger partial charge on any atom is -0.395 e. The van der Waals surface area contributed by atoms with Crippen LogP contribution >= 0.6 is 0 Å². The topological polar surface area (TPSA) is 52.6 Å². The predicted octanol–water partition coefficient (Wildman–Crippen LogP) is 1.69. The highest BCUT2D eigenvalue weighted by Gasteiger charge is 2.30. The Morgan fingerprint density at radius 1 is 1.43 bits per heavy atom. The molecule has 0 aliphatic rings. The molecule has 1 aromatic carbocycles. The molecule has 1 rings (SSSR count). The van der Waals surface area contributed by atoms with E-state index in [2.05, 4.69) is 17.2 Å². The number of hydrogen-bond donors (Lipinski definition) is 2. The van der Waals surface area contributed by atoms with Crippen LogP contribution in [0.3, 0.4) is 0 Å². The molecule has 7 heteroatoms. The molecule has 21 heavy (non-hydrogen) atoms. The van der Waals surface area contributed by atoms with Crippen LogP contribution in [0.5, 0.6) is 0 Å². The molecule has 0 unspecified atom stereocenters. The zero-order valence-corrected chi connectivity index (χ0v) is 11.4. The third-order valence-corrected chi connectivity index (χ3v) is 2.53. The van der Waals surface area contributed by atoms with Crippen molar-refractivity contribution in [2.45, 2.75) is 6.18 Å². The maximum Gasteiger partial charge on any atom is 0.416 e. The average molecular weight is 300 g/mol. The van der Waals surface area contributed by atoms with Crippen molar-refractivity contribution in [3.05, 3.63) is 35.4 Å². The molecule has 0 aromatic heterocycles. The number of likely N-dealkylation sites (N-methyl/N-ethyl adjacent to an activating group) is 1. The molecular weight excluding hydrogens is 285 g/mol. The van der Waals surface area contributed by atoms with E-state index in [1.54, 1.807) is 0 Å². The highest BCUT2D eigenvalue weighted by atomic mass is 19.4. The number of nitrogens with zero attached hydrogens (tertiary/aromatic N) is 1. The van der Waals surface area contributed by atoms with E-state index in [1.165, 1.54) is 24.1 Å². The van der Waals surface area contributed by atoms with Crippen LogP contribution in [0.15, 0.2) is 24.3 Å². The van der Waals surface area contributed by atoms with E-state index in [0.29, 0.717) is 0 Å². The van der Waals surface area contributed by atoms with Gasteiger partial charge in [-0.05, 0) is 18.2 Å². The van der Waals surface area contributed by atoms with Gasteiger partial charge in [0.05, 0.1) is 18.7 Å². The van der Waals surface area contributed by atoms with Gasteiger partial charge >= 0.3 is 12.2 Å². The molecule has 0 bridgehead atoms. The van der Waals surface area contributed by atoms with Crippen LogP contribution in [0, 0.1) is 11.8 Å². The van der Waals surface area contributed by atoms with Crippen LogP contribution in [-0.2, 0) is 6.18 Å². The number of alkyl halides is 3. The summed E-state index contributed by atoms with van der Waals surface area (Å²) < 4.78 is 37.5. The maximum absolute atomic E-state index is 12.5. The summed E-state index contributed by atoms with van der Waals surface area (Å²) in [6.07, 6.45) is -4.40. The van der Waals surface area contributed by atoms with Gasteiger partial charge in [0, 0.05) is 19.2 Å². The summed E-state index contributed by atoms with van der Waals surface area (Å²) in [5, 5.41) is 11.1. The van der Waals surface area contributed by atoms with Gasteiger partial charge in [-0.3, -0.25) is 0 Å². The minimum atomic E-state index is -4.40. The van der Waals surface area contributed by atoms with Crippen molar-refractivity contribution in [1.82, 2.24) is 10.2 Å². The molecule has 0 fully saturated rings. The molecule has 0 atom stereocenters. The number of halogens is 3. The summed E-state index contributed by atoms with van der Waals surface area (Å²) in [7, 11) is 1.51. The summed E-state index contributed by atoms with van der Waals surface area (Å²) in [5.74, 6) is 5.12. The largest absolute Gasteiger partial charge is 0.416 e. The lowest BCUT2D eigenvalue weighted by molar-refractivity contribution is -0.137. The SMILES string of the molecule is CN(CCO)C(=O)NCC#Cc1cccc(C(F)(F)F)c1.